The average molecular weight is 381 g/mol. The predicted molar refractivity (Wildman–Crippen MR) is 84.6 cm³/mol. The van der Waals surface area contributed by atoms with Crippen molar-refractivity contribution in [2.45, 2.75) is 31.1 Å². The van der Waals surface area contributed by atoms with Crippen LogP contribution in [0.5, 0.6) is 0 Å². The van der Waals surface area contributed by atoms with E-state index in [2.05, 4.69) is 27.9 Å². The Bertz CT molecular complexity index is 494. The van der Waals surface area contributed by atoms with Crippen molar-refractivity contribution < 1.29 is 8.42 Å². The zero-order chi connectivity index (χ0) is 14.0. The summed E-state index contributed by atoms with van der Waals surface area (Å²) in [6.07, 6.45) is 2.00. The van der Waals surface area contributed by atoms with Crippen molar-refractivity contribution in [2.24, 2.45) is 0 Å². The molecule has 0 aromatic heterocycles. The Morgan fingerprint density at radius 2 is 1.78 bits per heavy atom. The lowest BCUT2D eigenvalue weighted by molar-refractivity contribution is 0.431. The lowest BCUT2D eigenvalue weighted by Crippen LogP contribution is -2.51. The Hall–Kier alpha value is -0.140. The van der Waals surface area contributed by atoms with Crippen LogP contribution in [0.25, 0.3) is 0 Å². The average Bonchev–Trinajstić information content (AvgIpc) is 2.26. The van der Waals surface area contributed by atoms with Gasteiger partial charge in [0, 0.05) is 15.9 Å². The second-order valence-corrected chi connectivity index (χ2v) is 8.89. The highest BCUT2D eigenvalue weighted by molar-refractivity contribution is 14.1. The third-order valence-corrected chi connectivity index (χ3v) is 6.41. The molecule has 1 aromatic rings. The number of nitrogens with one attached hydrogen (secondary N) is 1. The number of benzene rings is 1. The summed E-state index contributed by atoms with van der Waals surface area (Å²) in [5, 5.41) is 3.13. The van der Waals surface area contributed by atoms with Crippen molar-refractivity contribution in [2.75, 3.05) is 13.3 Å². The van der Waals surface area contributed by atoms with E-state index in [1.165, 1.54) is 9.83 Å². The summed E-state index contributed by atoms with van der Waals surface area (Å²) in [5.41, 5.74) is 1.14. The van der Waals surface area contributed by atoms with Crippen molar-refractivity contribution in [3.63, 3.8) is 0 Å². The standard InChI is InChI=1S/C13H20INO2S/c1-13(2,18(4,16)17)12(15-3)9-10-5-7-11(14)8-6-10/h5-8,12,15H,9H2,1-4H3. The van der Waals surface area contributed by atoms with Crippen molar-refractivity contribution >= 4 is 32.4 Å². The minimum absolute atomic E-state index is 0.104. The van der Waals surface area contributed by atoms with E-state index >= 15 is 0 Å². The molecule has 0 saturated heterocycles. The van der Waals surface area contributed by atoms with E-state index in [-0.39, 0.29) is 6.04 Å². The Balaban J connectivity index is 2.95. The maximum atomic E-state index is 11.9. The summed E-state index contributed by atoms with van der Waals surface area (Å²) < 4.78 is 24.1. The van der Waals surface area contributed by atoms with Crippen molar-refractivity contribution in [3.8, 4) is 0 Å². The summed E-state index contributed by atoms with van der Waals surface area (Å²) in [7, 11) is -1.30. The molecule has 3 nitrogen and oxygen atoms in total. The van der Waals surface area contributed by atoms with Gasteiger partial charge >= 0.3 is 0 Å². The molecule has 0 spiro atoms. The van der Waals surface area contributed by atoms with Crippen molar-refractivity contribution in [1.29, 1.82) is 0 Å². The number of rotatable bonds is 5. The van der Waals surface area contributed by atoms with Crippen LogP contribution in [0.4, 0.5) is 0 Å². The molecule has 0 aliphatic carbocycles. The van der Waals surface area contributed by atoms with Gasteiger partial charge in [0.25, 0.3) is 0 Å². The van der Waals surface area contributed by atoms with Crippen molar-refractivity contribution in [1.82, 2.24) is 5.32 Å². The smallest absolute Gasteiger partial charge is 0.154 e. The molecule has 0 bridgehead atoms. The third kappa shape index (κ3) is 3.68. The lowest BCUT2D eigenvalue weighted by atomic mass is 9.96. The van der Waals surface area contributed by atoms with Gasteiger partial charge in [0.05, 0.1) is 4.75 Å². The van der Waals surface area contributed by atoms with Crippen LogP contribution in [0.3, 0.4) is 0 Å². The second-order valence-electron chi connectivity index (χ2n) is 5.05. The molecular formula is C13H20INO2S. The van der Waals surface area contributed by atoms with Crippen LogP contribution in [-0.2, 0) is 16.3 Å². The molecule has 0 saturated carbocycles. The maximum absolute atomic E-state index is 11.9. The predicted octanol–water partition coefficient (Wildman–Crippen LogP) is 2.24. The zero-order valence-corrected chi connectivity index (χ0v) is 14.2. The first-order valence-corrected chi connectivity index (χ1v) is 8.77. The summed E-state index contributed by atoms with van der Waals surface area (Å²) in [5.74, 6) is 0. The summed E-state index contributed by atoms with van der Waals surface area (Å²) in [4.78, 5) is 0. The highest BCUT2D eigenvalue weighted by Gasteiger charge is 2.38. The van der Waals surface area contributed by atoms with E-state index in [0.29, 0.717) is 6.42 Å². The number of hydrogen-bond donors (Lipinski definition) is 1. The van der Waals surface area contributed by atoms with Crippen LogP contribution >= 0.6 is 22.6 Å². The van der Waals surface area contributed by atoms with E-state index in [4.69, 9.17) is 0 Å². The largest absolute Gasteiger partial charge is 0.315 e. The van der Waals surface area contributed by atoms with Gasteiger partial charge in [-0.05, 0) is 67.6 Å². The third-order valence-electron chi connectivity index (χ3n) is 3.50. The Kier molecular flexibility index (Phi) is 5.20. The number of halogens is 1. The minimum atomic E-state index is -3.11. The quantitative estimate of drug-likeness (QED) is 0.796. The molecule has 18 heavy (non-hydrogen) atoms. The first-order chi connectivity index (χ1) is 8.18. The first kappa shape index (κ1) is 15.9. The maximum Gasteiger partial charge on any atom is 0.154 e. The van der Waals surface area contributed by atoms with Gasteiger partial charge in [-0.25, -0.2) is 8.42 Å². The summed E-state index contributed by atoms with van der Waals surface area (Å²) in [6, 6.07) is 8.06. The molecule has 0 amide bonds. The summed E-state index contributed by atoms with van der Waals surface area (Å²) in [6.45, 7) is 3.55. The van der Waals surface area contributed by atoms with Gasteiger partial charge in [0.15, 0.2) is 9.84 Å². The lowest BCUT2D eigenvalue weighted by Gasteiger charge is -2.32. The first-order valence-electron chi connectivity index (χ1n) is 5.80. The van der Waals surface area contributed by atoms with Crippen LogP contribution in [0.2, 0.25) is 0 Å². The van der Waals surface area contributed by atoms with Gasteiger partial charge in [-0.3, -0.25) is 0 Å². The Morgan fingerprint density at radius 1 is 1.28 bits per heavy atom. The Morgan fingerprint density at radius 3 is 2.17 bits per heavy atom. The van der Waals surface area contributed by atoms with E-state index in [0.717, 1.165) is 5.56 Å². The van der Waals surface area contributed by atoms with Gasteiger partial charge in [-0.15, -0.1) is 0 Å². The SMILES string of the molecule is CNC(Cc1ccc(I)cc1)C(C)(C)S(C)(=O)=O. The zero-order valence-electron chi connectivity index (χ0n) is 11.2. The van der Waals surface area contributed by atoms with E-state index < -0.39 is 14.6 Å². The fourth-order valence-corrected chi connectivity index (χ4v) is 2.89. The van der Waals surface area contributed by atoms with Gasteiger partial charge in [0.1, 0.15) is 0 Å². The fraction of sp³-hybridized carbons (Fsp3) is 0.538. The molecule has 5 heteroatoms. The van der Waals surface area contributed by atoms with Gasteiger partial charge in [-0.2, -0.15) is 0 Å². The number of hydrogen-bond acceptors (Lipinski definition) is 3. The van der Waals surface area contributed by atoms with Crippen LogP contribution in [0.15, 0.2) is 24.3 Å². The molecule has 1 unspecified atom stereocenters. The number of likely N-dealkylation sites (N-methyl/N-ethyl adjacent to an activating group) is 1. The highest BCUT2D eigenvalue weighted by atomic mass is 127. The van der Waals surface area contributed by atoms with Gasteiger partial charge < -0.3 is 5.32 Å². The minimum Gasteiger partial charge on any atom is -0.315 e. The normalized spacial score (nSPS) is 14.5. The Labute approximate surface area is 123 Å². The molecular weight excluding hydrogens is 361 g/mol. The van der Waals surface area contributed by atoms with Crippen LogP contribution in [0, 0.1) is 3.57 Å². The van der Waals surface area contributed by atoms with Gasteiger partial charge in [0.2, 0.25) is 0 Å². The van der Waals surface area contributed by atoms with Crippen LogP contribution in [0.1, 0.15) is 19.4 Å². The molecule has 1 rings (SSSR count). The van der Waals surface area contributed by atoms with Crippen LogP contribution < -0.4 is 5.32 Å². The second kappa shape index (κ2) is 5.88. The summed E-state index contributed by atoms with van der Waals surface area (Å²) >= 11 is 2.26. The topological polar surface area (TPSA) is 46.2 Å². The van der Waals surface area contributed by atoms with Crippen LogP contribution in [-0.4, -0.2) is 32.5 Å². The molecule has 0 radical (unpaired) electrons. The monoisotopic (exact) mass is 381 g/mol. The number of sulfone groups is 1. The fourth-order valence-electron chi connectivity index (χ4n) is 1.81. The molecule has 1 atom stereocenters. The highest BCUT2D eigenvalue weighted by Crippen LogP contribution is 2.23. The van der Waals surface area contributed by atoms with E-state index in [1.54, 1.807) is 13.8 Å². The van der Waals surface area contributed by atoms with Gasteiger partial charge in [-0.1, -0.05) is 12.1 Å². The van der Waals surface area contributed by atoms with E-state index in [1.807, 2.05) is 31.3 Å². The molecule has 0 aliphatic rings. The van der Waals surface area contributed by atoms with E-state index in [9.17, 15) is 8.42 Å². The molecule has 102 valence electrons. The molecule has 0 aliphatic heterocycles. The molecule has 1 N–H and O–H groups in total. The van der Waals surface area contributed by atoms with Crippen molar-refractivity contribution in [3.05, 3.63) is 33.4 Å². The molecule has 0 fully saturated rings. The molecule has 1 aromatic carbocycles. The molecule has 0 heterocycles.